The standard InChI is InChI=1S/C28H30N10O/c1-3-13-37-27(39)22-18-31-28(32-20-7-9-21(10-8-20)36-16-14-35(2)15-17-36)34-26(22)38(37)25-6-4-5-23(33-25)24-19-29-11-12-30-24/h4-12,18-19H,3,13-17H2,1-2H3,(H,31,32,34). The lowest BCUT2D eigenvalue weighted by Crippen LogP contribution is -2.44. The summed E-state index contributed by atoms with van der Waals surface area (Å²) in [5.41, 5.74) is 3.72. The average Bonchev–Trinajstić information content (AvgIpc) is 3.25. The van der Waals surface area contributed by atoms with Gasteiger partial charge in [0, 0.05) is 62.7 Å². The molecule has 4 aromatic heterocycles. The first-order valence-corrected chi connectivity index (χ1v) is 13.1. The van der Waals surface area contributed by atoms with Gasteiger partial charge in [-0.05, 0) is 49.9 Å². The van der Waals surface area contributed by atoms with Crippen LogP contribution in [0.1, 0.15) is 13.3 Å². The van der Waals surface area contributed by atoms with Crippen molar-refractivity contribution in [1.82, 2.24) is 39.2 Å². The predicted octanol–water partition coefficient (Wildman–Crippen LogP) is 3.34. The monoisotopic (exact) mass is 522 g/mol. The molecule has 0 radical (unpaired) electrons. The fourth-order valence-electron chi connectivity index (χ4n) is 4.80. The number of piperazine rings is 1. The number of nitrogens with zero attached hydrogens (tertiary/aromatic N) is 9. The molecule has 11 nitrogen and oxygen atoms in total. The Morgan fingerprint density at radius 3 is 2.46 bits per heavy atom. The van der Waals surface area contributed by atoms with Crippen LogP contribution in [0.4, 0.5) is 17.3 Å². The van der Waals surface area contributed by atoms with Crippen molar-refractivity contribution < 1.29 is 0 Å². The lowest BCUT2D eigenvalue weighted by Gasteiger charge is -2.34. The molecule has 0 aliphatic carbocycles. The zero-order valence-corrected chi connectivity index (χ0v) is 22.0. The Morgan fingerprint density at radius 2 is 1.72 bits per heavy atom. The first kappa shape index (κ1) is 24.7. The molecule has 11 heteroatoms. The minimum absolute atomic E-state index is 0.151. The summed E-state index contributed by atoms with van der Waals surface area (Å²) in [6, 6.07) is 13.9. The molecule has 39 heavy (non-hydrogen) atoms. The van der Waals surface area contributed by atoms with Gasteiger partial charge < -0.3 is 15.1 Å². The van der Waals surface area contributed by atoms with Gasteiger partial charge in [0.2, 0.25) is 5.95 Å². The van der Waals surface area contributed by atoms with Crippen molar-refractivity contribution in [2.24, 2.45) is 0 Å². The smallest absolute Gasteiger partial charge is 0.278 e. The van der Waals surface area contributed by atoms with E-state index in [1.165, 1.54) is 5.69 Å². The molecule has 5 aromatic rings. The van der Waals surface area contributed by atoms with Crippen LogP contribution in [0.3, 0.4) is 0 Å². The van der Waals surface area contributed by atoms with E-state index in [1.54, 1.807) is 34.2 Å². The number of fused-ring (bicyclic) bond motifs is 1. The largest absolute Gasteiger partial charge is 0.369 e. The van der Waals surface area contributed by atoms with Crippen molar-refractivity contribution in [3.63, 3.8) is 0 Å². The minimum Gasteiger partial charge on any atom is -0.369 e. The van der Waals surface area contributed by atoms with Gasteiger partial charge in [-0.3, -0.25) is 14.8 Å². The van der Waals surface area contributed by atoms with Gasteiger partial charge in [0.15, 0.2) is 11.5 Å². The van der Waals surface area contributed by atoms with E-state index < -0.39 is 0 Å². The zero-order chi connectivity index (χ0) is 26.8. The maximum atomic E-state index is 13.3. The zero-order valence-electron chi connectivity index (χ0n) is 22.0. The van der Waals surface area contributed by atoms with Gasteiger partial charge in [0.05, 0.1) is 11.9 Å². The van der Waals surface area contributed by atoms with Crippen molar-refractivity contribution in [3.8, 4) is 17.2 Å². The Labute approximate surface area is 225 Å². The van der Waals surface area contributed by atoms with E-state index in [0.29, 0.717) is 40.7 Å². The van der Waals surface area contributed by atoms with Crippen molar-refractivity contribution in [3.05, 3.63) is 77.6 Å². The van der Waals surface area contributed by atoms with Gasteiger partial charge in [0.1, 0.15) is 11.1 Å². The summed E-state index contributed by atoms with van der Waals surface area (Å²) in [7, 11) is 2.15. The Morgan fingerprint density at radius 1 is 0.897 bits per heavy atom. The van der Waals surface area contributed by atoms with Crippen LogP contribution in [0.15, 0.2) is 72.0 Å². The summed E-state index contributed by atoms with van der Waals surface area (Å²) < 4.78 is 3.43. The van der Waals surface area contributed by atoms with E-state index in [2.05, 4.69) is 49.2 Å². The van der Waals surface area contributed by atoms with E-state index in [0.717, 1.165) is 38.3 Å². The number of anilines is 3. The molecule has 0 bridgehead atoms. The number of likely N-dealkylation sites (N-methyl/N-ethyl adjacent to an activating group) is 1. The van der Waals surface area contributed by atoms with Crippen molar-refractivity contribution in [2.45, 2.75) is 19.9 Å². The molecule has 1 saturated heterocycles. The Bertz CT molecular complexity index is 1640. The lowest BCUT2D eigenvalue weighted by molar-refractivity contribution is 0.313. The van der Waals surface area contributed by atoms with Crippen LogP contribution in [-0.2, 0) is 6.54 Å². The second kappa shape index (κ2) is 10.6. The van der Waals surface area contributed by atoms with Gasteiger partial charge in [-0.15, -0.1) is 0 Å². The maximum absolute atomic E-state index is 13.3. The Hall–Kier alpha value is -4.64. The van der Waals surface area contributed by atoms with Crippen LogP contribution >= 0.6 is 0 Å². The van der Waals surface area contributed by atoms with E-state index in [4.69, 9.17) is 9.97 Å². The highest BCUT2D eigenvalue weighted by Crippen LogP contribution is 2.23. The lowest BCUT2D eigenvalue weighted by atomic mass is 10.2. The summed E-state index contributed by atoms with van der Waals surface area (Å²) in [6.07, 6.45) is 7.28. The summed E-state index contributed by atoms with van der Waals surface area (Å²) >= 11 is 0. The fraction of sp³-hybridized carbons (Fsp3) is 0.286. The van der Waals surface area contributed by atoms with Crippen LogP contribution in [0.2, 0.25) is 0 Å². The first-order valence-electron chi connectivity index (χ1n) is 13.1. The third-order valence-electron chi connectivity index (χ3n) is 6.88. The molecule has 0 unspecified atom stereocenters. The summed E-state index contributed by atoms with van der Waals surface area (Å²) in [6.45, 7) is 6.70. The molecule has 1 fully saturated rings. The third-order valence-corrected chi connectivity index (χ3v) is 6.88. The van der Waals surface area contributed by atoms with E-state index in [-0.39, 0.29) is 5.56 Å². The highest BCUT2D eigenvalue weighted by molar-refractivity contribution is 5.77. The molecule has 1 aliphatic rings. The normalized spacial score (nSPS) is 14.2. The van der Waals surface area contributed by atoms with Gasteiger partial charge in [-0.25, -0.2) is 19.3 Å². The van der Waals surface area contributed by atoms with Gasteiger partial charge >= 0.3 is 0 Å². The number of pyridine rings is 1. The second-order valence-electron chi connectivity index (χ2n) is 9.60. The molecular weight excluding hydrogens is 492 g/mol. The fourth-order valence-corrected chi connectivity index (χ4v) is 4.80. The first-order chi connectivity index (χ1) is 19.1. The molecule has 0 spiro atoms. The van der Waals surface area contributed by atoms with Gasteiger partial charge in [-0.2, -0.15) is 4.98 Å². The van der Waals surface area contributed by atoms with Gasteiger partial charge in [0.25, 0.3) is 5.56 Å². The molecule has 0 amide bonds. The Balaban J connectivity index is 1.35. The number of aromatic nitrogens is 7. The van der Waals surface area contributed by atoms with E-state index >= 15 is 0 Å². The predicted molar refractivity (Wildman–Crippen MR) is 152 cm³/mol. The van der Waals surface area contributed by atoms with Crippen LogP contribution in [0.5, 0.6) is 0 Å². The van der Waals surface area contributed by atoms with E-state index in [1.807, 2.05) is 37.3 Å². The number of hydrogen-bond donors (Lipinski definition) is 1. The molecule has 1 aromatic carbocycles. The highest BCUT2D eigenvalue weighted by Gasteiger charge is 2.19. The number of rotatable bonds is 7. The Kier molecular flexibility index (Phi) is 6.72. The maximum Gasteiger partial charge on any atom is 0.278 e. The number of benzene rings is 1. The quantitative estimate of drug-likeness (QED) is 0.344. The van der Waals surface area contributed by atoms with Crippen molar-refractivity contribution in [1.29, 1.82) is 0 Å². The third kappa shape index (κ3) is 4.96. The molecule has 1 N–H and O–H groups in total. The summed E-state index contributed by atoms with van der Waals surface area (Å²) in [4.78, 5) is 40.6. The topological polar surface area (TPSA) is 110 Å². The summed E-state index contributed by atoms with van der Waals surface area (Å²) in [5, 5.41) is 3.73. The molecule has 1 aliphatic heterocycles. The molecule has 0 saturated carbocycles. The number of hydrogen-bond acceptors (Lipinski definition) is 9. The van der Waals surface area contributed by atoms with Crippen LogP contribution in [-0.4, -0.2) is 72.4 Å². The van der Waals surface area contributed by atoms with E-state index in [9.17, 15) is 4.79 Å². The molecule has 0 atom stereocenters. The number of nitrogens with one attached hydrogen (secondary N) is 1. The van der Waals surface area contributed by atoms with Gasteiger partial charge in [-0.1, -0.05) is 13.0 Å². The average molecular weight is 523 g/mol. The molecule has 198 valence electrons. The highest BCUT2D eigenvalue weighted by atomic mass is 16.1. The van der Waals surface area contributed by atoms with Crippen LogP contribution in [0.25, 0.3) is 28.2 Å². The molecule has 6 rings (SSSR count). The summed E-state index contributed by atoms with van der Waals surface area (Å²) in [5.74, 6) is 0.974. The van der Waals surface area contributed by atoms with Crippen molar-refractivity contribution >= 4 is 28.4 Å². The second-order valence-corrected chi connectivity index (χ2v) is 9.60. The van der Waals surface area contributed by atoms with Crippen LogP contribution in [0, 0.1) is 0 Å². The van der Waals surface area contributed by atoms with Crippen LogP contribution < -0.4 is 15.8 Å². The molecular formula is C28H30N10O. The molecule has 5 heterocycles. The minimum atomic E-state index is -0.151. The van der Waals surface area contributed by atoms with Crippen molar-refractivity contribution in [2.75, 3.05) is 43.4 Å². The SMILES string of the molecule is CCCn1c(=O)c2cnc(Nc3ccc(N4CCN(C)CC4)cc3)nc2n1-c1cccc(-c2cnccn2)n1.